The van der Waals surface area contributed by atoms with Gasteiger partial charge in [-0.3, -0.25) is 25.0 Å². The average molecular weight is 997 g/mol. The number of carbonyl (C=O) groups excluding carboxylic acids is 3. The van der Waals surface area contributed by atoms with Crippen LogP contribution in [0.3, 0.4) is 0 Å². The quantitative estimate of drug-likeness (QED) is 0.0470. The molecule has 2 aliphatic carbocycles. The maximum absolute atomic E-state index is 15.5. The standard InChI is InChI=1S/C64H76N2O6Si/c1-60(2,3)71-58(68)55(65-63(45-28-14-12-15-29-45)51-36-22-18-32-47(51)48-33-19-23-37-52(48)63)40-41-57(67)44(27-26-42-70-73(10,11)62(7,8)9)43-56(59(69)72-61(4,5)6)66-64(46-30-16-13-17-31-46)53-38-24-20-34-49(53)50-35-21-25-39-54(50)64/h12-25,28-39,44,55-56,65-66H,26-27,40-43H2,1-11H3/t44-,55-,56-/m0/s1. The summed E-state index contributed by atoms with van der Waals surface area (Å²) in [6, 6.07) is 52.1. The minimum absolute atomic E-state index is 0.00864. The number of benzene rings is 6. The van der Waals surface area contributed by atoms with Crippen molar-refractivity contribution in [1.29, 1.82) is 0 Å². The predicted octanol–water partition coefficient (Wildman–Crippen LogP) is 13.7. The van der Waals surface area contributed by atoms with Crippen molar-refractivity contribution in [3.63, 3.8) is 0 Å². The van der Waals surface area contributed by atoms with Crippen LogP contribution in [-0.2, 0) is 39.4 Å². The van der Waals surface area contributed by atoms with Gasteiger partial charge >= 0.3 is 11.9 Å². The average Bonchev–Trinajstić information content (AvgIpc) is 3.80. The Hall–Kier alpha value is -5.97. The molecule has 6 aromatic rings. The van der Waals surface area contributed by atoms with E-state index in [1.54, 1.807) is 0 Å². The van der Waals surface area contributed by atoms with Gasteiger partial charge < -0.3 is 13.9 Å². The van der Waals surface area contributed by atoms with E-state index in [1.807, 2.05) is 126 Å². The van der Waals surface area contributed by atoms with Crippen LogP contribution in [0.1, 0.15) is 128 Å². The van der Waals surface area contributed by atoms with E-state index in [4.69, 9.17) is 13.9 Å². The van der Waals surface area contributed by atoms with E-state index in [2.05, 4.69) is 117 Å². The summed E-state index contributed by atoms with van der Waals surface area (Å²) in [5.41, 5.74) is 6.85. The summed E-state index contributed by atoms with van der Waals surface area (Å²) < 4.78 is 19.3. The number of ketones is 1. The van der Waals surface area contributed by atoms with Gasteiger partial charge in [-0.15, -0.1) is 0 Å². The predicted molar refractivity (Wildman–Crippen MR) is 297 cm³/mol. The Bertz CT molecular complexity index is 2820. The molecule has 6 aromatic carbocycles. The van der Waals surface area contributed by atoms with Crippen molar-refractivity contribution >= 4 is 26.0 Å². The highest BCUT2D eigenvalue weighted by Gasteiger charge is 2.50. The van der Waals surface area contributed by atoms with Gasteiger partial charge in [0.05, 0.1) is 11.1 Å². The zero-order valence-electron chi connectivity index (χ0n) is 44.9. The van der Waals surface area contributed by atoms with Crippen LogP contribution in [0.5, 0.6) is 0 Å². The van der Waals surface area contributed by atoms with Gasteiger partial charge in [0, 0.05) is 18.9 Å². The smallest absolute Gasteiger partial charge is 0.323 e. The van der Waals surface area contributed by atoms with Crippen LogP contribution in [-0.4, -0.2) is 55.9 Å². The van der Waals surface area contributed by atoms with E-state index in [9.17, 15) is 4.79 Å². The zero-order valence-corrected chi connectivity index (χ0v) is 45.9. The third-order valence-corrected chi connectivity index (χ3v) is 19.6. The van der Waals surface area contributed by atoms with E-state index in [1.165, 1.54) is 0 Å². The van der Waals surface area contributed by atoms with E-state index in [0.717, 1.165) is 55.6 Å². The minimum atomic E-state index is -2.12. The second kappa shape index (κ2) is 21.1. The van der Waals surface area contributed by atoms with E-state index in [-0.39, 0.29) is 30.1 Å². The molecule has 0 aliphatic heterocycles. The normalized spacial score (nSPS) is 15.8. The number of hydrogen-bond donors (Lipinski definition) is 2. The van der Waals surface area contributed by atoms with E-state index >= 15 is 9.59 Å². The number of nitrogens with one attached hydrogen (secondary N) is 2. The molecule has 0 fully saturated rings. The molecule has 0 unspecified atom stereocenters. The van der Waals surface area contributed by atoms with Gasteiger partial charge in [-0.2, -0.15) is 0 Å². The number of rotatable bonds is 19. The molecule has 0 spiro atoms. The molecule has 9 heteroatoms. The monoisotopic (exact) mass is 997 g/mol. The van der Waals surface area contributed by atoms with Crippen LogP contribution in [0.15, 0.2) is 158 Å². The van der Waals surface area contributed by atoms with Gasteiger partial charge in [0.2, 0.25) is 0 Å². The van der Waals surface area contributed by atoms with Crippen molar-refractivity contribution in [2.24, 2.45) is 5.92 Å². The molecule has 73 heavy (non-hydrogen) atoms. The largest absolute Gasteiger partial charge is 0.459 e. The van der Waals surface area contributed by atoms with Crippen molar-refractivity contribution in [2.45, 2.75) is 147 Å². The first kappa shape index (κ1) is 53.3. The maximum atomic E-state index is 15.5. The summed E-state index contributed by atoms with van der Waals surface area (Å²) in [5, 5.41) is 7.87. The molecular weight excluding hydrogens is 921 g/mol. The number of Topliss-reactive ketones (excluding diaryl/α,β-unsaturated/α-hetero) is 1. The maximum Gasteiger partial charge on any atom is 0.323 e. The van der Waals surface area contributed by atoms with Crippen molar-refractivity contribution in [3.8, 4) is 22.3 Å². The third-order valence-electron chi connectivity index (χ3n) is 15.1. The minimum Gasteiger partial charge on any atom is -0.459 e. The summed E-state index contributed by atoms with van der Waals surface area (Å²) >= 11 is 0. The van der Waals surface area contributed by atoms with Gasteiger partial charge in [0.15, 0.2) is 8.32 Å². The molecular formula is C64H76N2O6Si. The lowest BCUT2D eigenvalue weighted by molar-refractivity contribution is -0.159. The number of hydrogen-bond acceptors (Lipinski definition) is 8. The molecule has 0 saturated carbocycles. The lowest BCUT2D eigenvalue weighted by atomic mass is 9.78. The summed E-state index contributed by atoms with van der Waals surface area (Å²) in [5.74, 6) is -1.52. The third kappa shape index (κ3) is 11.1. The second-order valence-corrected chi connectivity index (χ2v) is 28.4. The van der Waals surface area contributed by atoms with Crippen molar-refractivity contribution < 1.29 is 28.3 Å². The Morgan fingerprint density at radius 2 is 0.849 bits per heavy atom. The van der Waals surface area contributed by atoms with Gasteiger partial charge in [-0.25, -0.2) is 0 Å². The molecule has 0 amide bonds. The van der Waals surface area contributed by atoms with Crippen molar-refractivity contribution in [2.75, 3.05) is 6.61 Å². The van der Waals surface area contributed by atoms with Crippen molar-refractivity contribution in [1.82, 2.24) is 10.6 Å². The van der Waals surface area contributed by atoms with E-state index < -0.39 is 60.5 Å². The van der Waals surface area contributed by atoms with Crippen LogP contribution < -0.4 is 10.6 Å². The van der Waals surface area contributed by atoms with Gasteiger partial charge in [-0.1, -0.05) is 178 Å². The molecule has 2 N–H and O–H groups in total. The molecule has 0 radical (unpaired) electrons. The zero-order chi connectivity index (χ0) is 52.4. The highest BCUT2D eigenvalue weighted by Crippen LogP contribution is 2.53. The summed E-state index contributed by atoms with van der Waals surface area (Å²) in [7, 11) is -2.12. The Balaban J connectivity index is 1.19. The summed E-state index contributed by atoms with van der Waals surface area (Å²) in [6.07, 6.45) is 1.45. The molecule has 2 aliphatic rings. The lowest BCUT2D eigenvalue weighted by Crippen LogP contribution is -2.54. The number of esters is 2. The van der Waals surface area contributed by atoms with Crippen LogP contribution in [0.4, 0.5) is 0 Å². The summed E-state index contributed by atoms with van der Waals surface area (Å²) in [6.45, 7) is 22.9. The van der Waals surface area contributed by atoms with E-state index in [0.29, 0.717) is 19.4 Å². The van der Waals surface area contributed by atoms with Crippen LogP contribution in [0.2, 0.25) is 18.1 Å². The Morgan fingerprint density at radius 3 is 1.23 bits per heavy atom. The van der Waals surface area contributed by atoms with Gasteiger partial charge in [0.25, 0.3) is 0 Å². The number of ether oxygens (including phenoxy) is 2. The molecule has 8 rings (SSSR count). The van der Waals surface area contributed by atoms with Crippen LogP contribution >= 0.6 is 0 Å². The molecule has 0 bridgehead atoms. The Kier molecular flexibility index (Phi) is 15.4. The molecule has 3 atom stereocenters. The molecule has 8 nitrogen and oxygen atoms in total. The topological polar surface area (TPSA) is 103 Å². The Labute approximate surface area is 435 Å². The fourth-order valence-corrected chi connectivity index (χ4v) is 11.8. The molecule has 0 saturated heterocycles. The number of carbonyl (C=O) groups is 3. The van der Waals surface area contributed by atoms with Crippen LogP contribution in [0, 0.1) is 5.92 Å². The van der Waals surface area contributed by atoms with Crippen LogP contribution in [0.25, 0.3) is 22.3 Å². The Morgan fingerprint density at radius 1 is 0.493 bits per heavy atom. The first-order valence-corrected chi connectivity index (χ1v) is 29.1. The lowest BCUT2D eigenvalue weighted by Gasteiger charge is -2.39. The fourth-order valence-electron chi connectivity index (χ4n) is 10.7. The molecule has 382 valence electrons. The molecule has 0 aromatic heterocycles. The molecule has 0 heterocycles. The number of fused-ring (bicyclic) bond motifs is 6. The summed E-state index contributed by atoms with van der Waals surface area (Å²) in [4.78, 5) is 45.4. The highest BCUT2D eigenvalue weighted by molar-refractivity contribution is 6.74. The highest BCUT2D eigenvalue weighted by atomic mass is 28.4. The van der Waals surface area contributed by atoms with Gasteiger partial charge in [0.1, 0.15) is 29.1 Å². The second-order valence-electron chi connectivity index (χ2n) is 23.6. The van der Waals surface area contributed by atoms with Crippen molar-refractivity contribution in [3.05, 3.63) is 191 Å². The SMILES string of the molecule is CC(C)(C)OC(=O)[C@H](CCC(=O)[C@@H](CCCO[Si](C)(C)C(C)(C)C)C[C@H](NC1(c2ccccc2)c2ccccc2-c2ccccc21)C(=O)OC(C)(C)C)NC1(c2ccccc2)c2ccccc2-c2ccccc21. The first-order chi connectivity index (χ1) is 34.6. The van der Waals surface area contributed by atoms with Gasteiger partial charge in [-0.05, 0) is 141 Å². The fraction of sp³-hybridized carbons (Fsp3) is 0.391. The first-order valence-electron chi connectivity index (χ1n) is 26.2.